The fourth-order valence-corrected chi connectivity index (χ4v) is 2.95. The molecule has 0 atom stereocenters. The highest BCUT2D eigenvalue weighted by Crippen LogP contribution is 2.10. The van der Waals surface area contributed by atoms with Crippen LogP contribution in [0, 0.1) is 6.92 Å². The number of amides is 1. The van der Waals surface area contributed by atoms with Gasteiger partial charge in [0.15, 0.2) is 12.3 Å². The second kappa shape index (κ2) is 7.92. The van der Waals surface area contributed by atoms with E-state index >= 15 is 0 Å². The number of ether oxygens (including phenoxy) is 1. The molecule has 0 aliphatic rings. The van der Waals surface area contributed by atoms with Gasteiger partial charge in [0, 0.05) is 13.6 Å². The van der Waals surface area contributed by atoms with E-state index in [1.165, 1.54) is 9.70 Å². The average molecular weight is 370 g/mol. The molecule has 1 amide bonds. The Kier molecular flexibility index (Phi) is 5.43. The van der Waals surface area contributed by atoms with Crippen molar-refractivity contribution in [2.24, 2.45) is 0 Å². The van der Waals surface area contributed by atoms with Crippen LogP contribution in [0.1, 0.15) is 21.7 Å². The second-order valence-electron chi connectivity index (χ2n) is 5.72. The fourth-order valence-electron chi connectivity index (χ4n) is 2.29. The van der Waals surface area contributed by atoms with Crippen molar-refractivity contribution in [1.82, 2.24) is 19.9 Å². The van der Waals surface area contributed by atoms with Crippen LogP contribution in [0.25, 0.3) is 5.69 Å². The Morgan fingerprint density at radius 1 is 1.19 bits per heavy atom. The molecule has 26 heavy (non-hydrogen) atoms. The summed E-state index contributed by atoms with van der Waals surface area (Å²) in [5.74, 6) is -0.945. The molecule has 8 heteroatoms. The van der Waals surface area contributed by atoms with Gasteiger partial charge in [-0.1, -0.05) is 18.2 Å². The van der Waals surface area contributed by atoms with Crippen molar-refractivity contribution in [2.75, 3.05) is 13.7 Å². The molecule has 0 radical (unpaired) electrons. The second-order valence-corrected chi connectivity index (χ2v) is 6.50. The minimum atomic E-state index is -0.665. The number of benzene rings is 1. The minimum Gasteiger partial charge on any atom is -0.451 e. The summed E-state index contributed by atoms with van der Waals surface area (Å²) in [7, 11) is 1.67. The Hall–Kier alpha value is -3.00. The predicted octanol–water partition coefficient (Wildman–Crippen LogP) is 2.45. The highest BCUT2D eigenvalue weighted by Gasteiger charge is 2.20. The molecule has 3 rings (SSSR count). The average Bonchev–Trinajstić information content (AvgIpc) is 3.29. The van der Waals surface area contributed by atoms with Gasteiger partial charge in [-0.2, -0.15) is 21.2 Å². The number of carbonyl (C=O) groups is 2. The third kappa shape index (κ3) is 4.15. The van der Waals surface area contributed by atoms with Crippen LogP contribution in [-0.2, 0) is 16.1 Å². The Bertz CT molecular complexity index is 891. The molecule has 0 saturated heterocycles. The molecule has 134 valence electrons. The molecule has 0 N–H and O–H groups in total. The molecule has 0 aliphatic carbocycles. The first kappa shape index (κ1) is 17.8. The van der Waals surface area contributed by atoms with Gasteiger partial charge >= 0.3 is 5.97 Å². The summed E-state index contributed by atoms with van der Waals surface area (Å²) in [4.78, 5) is 27.3. The van der Waals surface area contributed by atoms with Gasteiger partial charge in [0.25, 0.3) is 5.91 Å². The summed E-state index contributed by atoms with van der Waals surface area (Å²) in [6.07, 6.45) is 0. The zero-order valence-corrected chi connectivity index (χ0v) is 15.3. The van der Waals surface area contributed by atoms with Crippen LogP contribution in [0.3, 0.4) is 0 Å². The number of carbonyl (C=O) groups excluding carboxylic acids is 2. The van der Waals surface area contributed by atoms with E-state index in [9.17, 15) is 9.59 Å². The molecule has 0 fully saturated rings. The maximum absolute atomic E-state index is 12.2. The lowest BCUT2D eigenvalue weighted by atomic mass is 10.3. The van der Waals surface area contributed by atoms with Crippen LogP contribution in [0.2, 0.25) is 0 Å². The van der Waals surface area contributed by atoms with Crippen molar-refractivity contribution in [1.29, 1.82) is 0 Å². The van der Waals surface area contributed by atoms with Gasteiger partial charge in [-0.05, 0) is 41.4 Å². The number of esters is 1. The van der Waals surface area contributed by atoms with E-state index in [1.54, 1.807) is 25.3 Å². The molecular formula is C18H18N4O3S. The number of hydrogen-bond donors (Lipinski definition) is 0. The maximum atomic E-state index is 12.2. The van der Waals surface area contributed by atoms with Crippen LogP contribution >= 0.6 is 11.3 Å². The third-order valence-electron chi connectivity index (χ3n) is 3.71. The maximum Gasteiger partial charge on any atom is 0.361 e. The monoisotopic (exact) mass is 370 g/mol. The summed E-state index contributed by atoms with van der Waals surface area (Å²) in [6.45, 7) is 1.81. The Morgan fingerprint density at radius 3 is 2.65 bits per heavy atom. The minimum absolute atomic E-state index is 0.0992. The van der Waals surface area contributed by atoms with Gasteiger partial charge in [0.1, 0.15) is 0 Å². The van der Waals surface area contributed by atoms with Gasteiger partial charge in [0.2, 0.25) is 0 Å². The molecular weight excluding hydrogens is 352 g/mol. The number of hydrogen-bond acceptors (Lipinski definition) is 6. The van der Waals surface area contributed by atoms with E-state index in [4.69, 9.17) is 4.74 Å². The normalized spacial score (nSPS) is 10.5. The Labute approximate surface area is 154 Å². The van der Waals surface area contributed by atoms with E-state index in [0.29, 0.717) is 12.2 Å². The molecule has 3 aromatic rings. The molecule has 0 saturated carbocycles. The van der Waals surface area contributed by atoms with E-state index < -0.39 is 5.97 Å². The van der Waals surface area contributed by atoms with Crippen molar-refractivity contribution >= 4 is 23.2 Å². The standard InChI is InChI=1S/C18H18N4O3S/c1-13-17(20-22(19-13)15-6-4-3-5-7-15)18(24)25-11-16(23)21(2)10-14-8-9-26-12-14/h3-9,12H,10-11H2,1-2H3. The van der Waals surface area contributed by atoms with Crippen LogP contribution in [0.5, 0.6) is 0 Å². The number of thiophene rings is 1. The summed E-state index contributed by atoms with van der Waals surface area (Å²) >= 11 is 1.57. The van der Waals surface area contributed by atoms with Crippen LogP contribution in [0.4, 0.5) is 0 Å². The zero-order valence-electron chi connectivity index (χ0n) is 14.5. The number of likely N-dealkylation sites (N-methyl/N-ethyl adjacent to an activating group) is 1. The number of para-hydroxylation sites is 1. The molecule has 2 heterocycles. The number of aryl methyl sites for hydroxylation is 1. The van der Waals surface area contributed by atoms with Gasteiger partial charge in [-0.15, -0.1) is 5.10 Å². The van der Waals surface area contributed by atoms with Gasteiger partial charge in [-0.25, -0.2) is 4.79 Å². The summed E-state index contributed by atoms with van der Waals surface area (Å²) in [5.41, 5.74) is 2.32. The van der Waals surface area contributed by atoms with Gasteiger partial charge < -0.3 is 9.64 Å². The Morgan fingerprint density at radius 2 is 1.96 bits per heavy atom. The molecule has 0 spiro atoms. The molecule has 0 bridgehead atoms. The molecule has 7 nitrogen and oxygen atoms in total. The van der Waals surface area contributed by atoms with Crippen LogP contribution in [0.15, 0.2) is 47.2 Å². The first-order valence-electron chi connectivity index (χ1n) is 7.96. The predicted molar refractivity (Wildman–Crippen MR) is 97.2 cm³/mol. The third-order valence-corrected chi connectivity index (χ3v) is 4.45. The van der Waals surface area contributed by atoms with Crippen molar-refractivity contribution in [2.45, 2.75) is 13.5 Å². The van der Waals surface area contributed by atoms with Gasteiger partial charge in [0.05, 0.1) is 11.4 Å². The summed E-state index contributed by atoms with van der Waals surface area (Å²) in [5, 5.41) is 12.3. The molecule has 0 aliphatic heterocycles. The lowest BCUT2D eigenvalue weighted by Gasteiger charge is -2.16. The topological polar surface area (TPSA) is 77.3 Å². The molecule has 1 aromatic carbocycles. The zero-order chi connectivity index (χ0) is 18.5. The van der Waals surface area contributed by atoms with Crippen molar-refractivity contribution in [3.05, 3.63) is 64.1 Å². The smallest absolute Gasteiger partial charge is 0.361 e. The van der Waals surface area contributed by atoms with Crippen molar-refractivity contribution in [3.8, 4) is 5.69 Å². The van der Waals surface area contributed by atoms with Gasteiger partial charge in [-0.3, -0.25) is 4.79 Å². The SMILES string of the molecule is Cc1nn(-c2ccccc2)nc1C(=O)OCC(=O)N(C)Cc1ccsc1. The lowest BCUT2D eigenvalue weighted by molar-refractivity contribution is -0.133. The first-order chi connectivity index (χ1) is 12.5. The van der Waals surface area contributed by atoms with Crippen molar-refractivity contribution < 1.29 is 14.3 Å². The molecule has 0 unspecified atom stereocenters. The fraction of sp³-hybridized carbons (Fsp3) is 0.222. The van der Waals surface area contributed by atoms with E-state index in [-0.39, 0.29) is 18.2 Å². The van der Waals surface area contributed by atoms with E-state index in [1.807, 2.05) is 47.2 Å². The lowest BCUT2D eigenvalue weighted by Crippen LogP contribution is -2.30. The number of rotatable bonds is 6. The van der Waals surface area contributed by atoms with Crippen molar-refractivity contribution in [3.63, 3.8) is 0 Å². The Balaban J connectivity index is 1.60. The molecule has 2 aromatic heterocycles. The summed E-state index contributed by atoms with van der Waals surface area (Å²) in [6, 6.07) is 11.2. The first-order valence-corrected chi connectivity index (χ1v) is 8.90. The van der Waals surface area contributed by atoms with E-state index in [0.717, 1.165) is 11.3 Å². The van der Waals surface area contributed by atoms with Crippen LogP contribution < -0.4 is 0 Å². The highest BCUT2D eigenvalue weighted by atomic mass is 32.1. The summed E-state index contributed by atoms with van der Waals surface area (Å²) < 4.78 is 5.12. The largest absolute Gasteiger partial charge is 0.451 e. The van der Waals surface area contributed by atoms with Crippen LogP contribution in [-0.4, -0.2) is 45.4 Å². The highest BCUT2D eigenvalue weighted by molar-refractivity contribution is 7.07. The number of nitrogens with zero attached hydrogens (tertiary/aromatic N) is 4. The van der Waals surface area contributed by atoms with E-state index in [2.05, 4.69) is 10.2 Å². The number of aromatic nitrogens is 3. The quantitative estimate of drug-likeness (QED) is 0.623.